The molecule has 0 atom stereocenters. The summed E-state index contributed by atoms with van der Waals surface area (Å²) in [6, 6.07) is 11.7. The van der Waals surface area contributed by atoms with Crippen LogP contribution in [0.15, 0.2) is 36.4 Å². The van der Waals surface area contributed by atoms with Gasteiger partial charge in [0.1, 0.15) is 0 Å². The summed E-state index contributed by atoms with van der Waals surface area (Å²) in [4.78, 5) is 11.3. The van der Waals surface area contributed by atoms with Crippen molar-refractivity contribution in [1.82, 2.24) is 0 Å². The van der Waals surface area contributed by atoms with E-state index in [1.54, 1.807) is 6.07 Å². The molecule has 0 saturated heterocycles. The zero-order valence-corrected chi connectivity index (χ0v) is 7.43. The molecule has 2 heterocycles. The van der Waals surface area contributed by atoms with Gasteiger partial charge >= 0.3 is 5.97 Å². The van der Waals surface area contributed by atoms with E-state index >= 15 is 0 Å². The van der Waals surface area contributed by atoms with Crippen molar-refractivity contribution in [3.8, 4) is 0 Å². The van der Waals surface area contributed by atoms with Gasteiger partial charge < -0.3 is 4.74 Å². The molecule has 0 unspecified atom stereocenters. The number of hydrogen-bond acceptors (Lipinski definition) is 2. The zero-order chi connectivity index (χ0) is 9.54. The number of esters is 1. The van der Waals surface area contributed by atoms with Crippen LogP contribution >= 0.6 is 0 Å². The highest BCUT2D eigenvalue weighted by Crippen LogP contribution is 2.13. The topological polar surface area (TPSA) is 30.2 Å². The number of nitrogens with zero attached hydrogens (tertiary/aromatic N) is 1. The average molecular weight is 186 g/mol. The van der Waals surface area contributed by atoms with Gasteiger partial charge in [-0.15, -0.1) is 4.57 Å². The zero-order valence-electron chi connectivity index (χ0n) is 7.43. The van der Waals surface area contributed by atoms with Crippen LogP contribution in [0.1, 0.15) is 10.5 Å². The van der Waals surface area contributed by atoms with Crippen LogP contribution in [0.3, 0.4) is 0 Å². The Bertz CT molecular complexity index is 534. The van der Waals surface area contributed by atoms with E-state index < -0.39 is 0 Å². The van der Waals surface area contributed by atoms with E-state index in [1.807, 2.05) is 34.9 Å². The van der Waals surface area contributed by atoms with Crippen LogP contribution in [-0.2, 0) is 11.5 Å². The monoisotopic (exact) mass is 186 g/mol. The summed E-state index contributed by atoms with van der Waals surface area (Å²) in [6.07, 6.45) is 0. The summed E-state index contributed by atoms with van der Waals surface area (Å²) in [5.74, 6) is -0.240. The Hall–Kier alpha value is -1.90. The lowest BCUT2D eigenvalue weighted by Crippen LogP contribution is -2.34. The number of carbonyl (C=O) groups excluding carboxylic acids is 1. The Morgan fingerprint density at radius 2 is 2.00 bits per heavy atom. The summed E-state index contributed by atoms with van der Waals surface area (Å²) in [6.45, 7) is 0.329. The highest BCUT2D eigenvalue weighted by Gasteiger charge is 2.30. The normalized spacial score (nSPS) is 14.1. The first-order chi connectivity index (χ1) is 6.86. The maximum atomic E-state index is 11.3. The standard InChI is InChI=1S/C11H8NO2/c13-11-10-6-5-8-3-1-2-4-9(8)12(10)7-14-11/h1-6H,7H2/q+1. The molecule has 3 nitrogen and oxygen atoms in total. The van der Waals surface area contributed by atoms with Crippen LogP contribution in [0.25, 0.3) is 10.9 Å². The molecule has 0 aliphatic carbocycles. The highest BCUT2D eigenvalue weighted by molar-refractivity contribution is 5.88. The second kappa shape index (κ2) is 2.54. The van der Waals surface area contributed by atoms with Crippen LogP contribution < -0.4 is 4.57 Å². The third kappa shape index (κ3) is 0.865. The molecular formula is C11H8NO2+. The van der Waals surface area contributed by atoms with Gasteiger partial charge in [0.25, 0.3) is 12.4 Å². The number of pyridine rings is 1. The van der Waals surface area contributed by atoms with Crippen molar-refractivity contribution in [3.63, 3.8) is 0 Å². The molecule has 0 spiro atoms. The molecule has 0 radical (unpaired) electrons. The molecule has 0 N–H and O–H groups in total. The first-order valence-electron chi connectivity index (χ1n) is 4.45. The lowest BCUT2D eigenvalue weighted by molar-refractivity contribution is -0.689. The summed E-state index contributed by atoms with van der Waals surface area (Å²) < 4.78 is 6.84. The Labute approximate surface area is 80.5 Å². The van der Waals surface area contributed by atoms with Crippen molar-refractivity contribution in [3.05, 3.63) is 42.1 Å². The SMILES string of the molecule is O=C1OC[n+]2c1ccc1ccccc12. The molecule has 1 aromatic heterocycles. The second-order valence-corrected chi connectivity index (χ2v) is 3.27. The molecule has 0 fully saturated rings. The molecule has 1 aromatic carbocycles. The number of hydrogen-bond donors (Lipinski definition) is 0. The first kappa shape index (κ1) is 7.50. The maximum Gasteiger partial charge on any atom is 0.408 e. The van der Waals surface area contributed by atoms with Crippen molar-refractivity contribution in [2.24, 2.45) is 0 Å². The lowest BCUT2D eigenvalue weighted by atomic mass is 10.2. The van der Waals surface area contributed by atoms with Gasteiger partial charge in [0.05, 0.1) is 0 Å². The predicted octanol–water partition coefficient (Wildman–Crippen LogP) is 1.26. The minimum Gasteiger partial charge on any atom is -0.397 e. The number of para-hydroxylation sites is 1. The number of cyclic esters (lactones) is 1. The molecule has 1 aliphatic rings. The summed E-state index contributed by atoms with van der Waals surface area (Å²) in [5, 5.41) is 1.12. The molecule has 3 rings (SSSR count). The number of benzene rings is 1. The first-order valence-corrected chi connectivity index (χ1v) is 4.45. The van der Waals surface area contributed by atoms with Gasteiger partial charge in [0, 0.05) is 17.5 Å². The maximum absolute atomic E-state index is 11.3. The summed E-state index contributed by atoms with van der Waals surface area (Å²) in [7, 11) is 0. The van der Waals surface area contributed by atoms with E-state index in [2.05, 4.69) is 0 Å². The van der Waals surface area contributed by atoms with Crippen molar-refractivity contribution < 1.29 is 14.1 Å². The van der Waals surface area contributed by atoms with Crippen molar-refractivity contribution in [2.45, 2.75) is 6.73 Å². The quantitative estimate of drug-likeness (QED) is 0.458. The summed E-state index contributed by atoms with van der Waals surface area (Å²) in [5.41, 5.74) is 1.67. The minimum absolute atomic E-state index is 0.240. The molecular weight excluding hydrogens is 178 g/mol. The highest BCUT2D eigenvalue weighted by atomic mass is 16.6. The Morgan fingerprint density at radius 1 is 1.14 bits per heavy atom. The second-order valence-electron chi connectivity index (χ2n) is 3.27. The minimum atomic E-state index is -0.240. The van der Waals surface area contributed by atoms with Crippen molar-refractivity contribution >= 4 is 16.9 Å². The molecule has 3 heteroatoms. The number of fused-ring (bicyclic) bond motifs is 3. The van der Waals surface area contributed by atoms with E-state index in [0.29, 0.717) is 12.4 Å². The van der Waals surface area contributed by atoms with Gasteiger partial charge in [-0.3, -0.25) is 0 Å². The largest absolute Gasteiger partial charge is 0.408 e. The van der Waals surface area contributed by atoms with Gasteiger partial charge in [-0.25, -0.2) is 4.79 Å². The van der Waals surface area contributed by atoms with Gasteiger partial charge in [-0.2, -0.15) is 0 Å². The third-order valence-electron chi connectivity index (χ3n) is 2.47. The number of aromatic nitrogens is 1. The van der Waals surface area contributed by atoms with Crippen LogP contribution in [0.5, 0.6) is 0 Å². The smallest absolute Gasteiger partial charge is 0.397 e. The van der Waals surface area contributed by atoms with E-state index in [4.69, 9.17) is 4.74 Å². The Balaban J connectivity index is 2.44. The van der Waals surface area contributed by atoms with Gasteiger partial charge in [0.15, 0.2) is 0 Å². The molecule has 14 heavy (non-hydrogen) atoms. The van der Waals surface area contributed by atoms with Crippen molar-refractivity contribution in [2.75, 3.05) is 0 Å². The van der Waals surface area contributed by atoms with Crippen LogP contribution in [0, 0.1) is 0 Å². The molecule has 0 bridgehead atoms. The van der Waals surface area contributed by atoms with E-state index in [1.165, 1.54) is 0 Å². The lowest BCUT2D eigenvalue weighted by Gasteiger charge is -1.94. The predicted molar refractivity (Wildman–Crippen MR) is 49.6 cm³/mol. The molecule has 0 saturated carbocycles. The van der Waals surface area contributed by atoms with Crippen LogP contribution in [0.4, 0.5) is 0 Å². The Morgan fingerprint density at radius 3 is 2.93 bits per heavy atom. The van der Waals surface area contributed by atoms with Crippen molar-refractivity contribution in [1.29, 1.82) is 0 Å². The number of carbonyl (C=O) groups is 1. The average Bonchev–Trinajstić information content (AvgIpc) is 2.61. The van der Waals surface area contributed by atoms with Gasteiger partial charge in [-0.1, -0.05) is 12.1 Å². The number of ether oxygens (including phenoxy) is 1. The fraction of sp³-hybridized carbons (Fsp3) is 0.0909. The van der Waals surface area contributed by atoms with Crippen LogP contribution in [0.2, 0.25) is 0 Å². The third-order valence-corrected chi connectivity index (χ3v) is 2.47. The molecule has 1 aliphatic heterocycles. The fourth-order valence-corrected chi connectivity index (χ4v) is 1.78. The number of rotatable bonds is 0. The van der Waals surface area contributed by atoms with Gasteiger partial charge in [-0.05, 0) is 12.1 Å². The van der Waals surface area contributed by atoms with Crippen LogP contribution in [-0.4, -0.2) is 5.97 Å². The molecule has 2 aromatic rings. The van der Waals surface area contributed by atoms with E-state index in [-0.39, 0.29) is 5.97 Å². The van der Waals surface area contributed by atoms with E-state index in [0.717, 1.165) is 10.9 Å². The molecule has 0 amide bonds. The Kier molecular flexibility index (Phi) is 1.36. The summed E-state index contributed by atoms with van der Waals surface area (Å²) >= 11 is 0. The van der Waals surface area contributed by atoms with E-state index in [9.17, 15) is 4.79 Å². The van der Waals surface area contributed by atoms with Gasteiger partial charge in [0.2, 0.25) is 5.52 Å². The molecule has 68 valence electrons. The fourth-order valence-electron chi connectivity index (χ4n) is 1.78.